The summed E-state index contributed by atoms with van der Waals surface area (Å²) in [7, 11) is 1.61. The number of benzene rings is 1. The lowest BCUT2D eigenvalue weighted by Gasteiger charge is -2.14. The van der Waals surface area contributed by atoms with E-state index < -0.39 is 0 Å². The van der Waals surface area contributed by atoms with Gasteiger partial charge < -0.3 is 15.8 Å². The van der Waals surface area contributed by atoms with E-state index in [1.165, 1.54) is 0 Å². The van der Waals surface area contributed by atoms with Crippen molar-refractivity contribution in [1.29, 1.82) is 0 Å². The minimum Gasteiger partial charge on any atom is -0.497 e. The molecule has 0 spiro atoms. The first-order valence-corrected chi connectivity index (χ1v) is 7.38. The summed E-state index contributed by atoms with van der Waals surface area (Å²) in [6.45, 7) is 3.79. The molecule has 0 radical (unpaired) electrons. The highest BCUT2D eigenvalue weighted by Crippen LogP contribution is 2.31. The van der Waals surface area contributed by atoms with Gasteiger partial charge in [0.05, 0.1) is 24.1 Å². The number of nitrogens with zero attached hydrogens (tertiary/aromatic N) is 2. The van der Waals surface area contributed by atoms with E-state index in [4.69, 9.17) is 22.7 Å². The Bertz CT molecular complexity index is 706. The molecule has 0 saturated heterocycles. The Labute approximate surface area is 137 Å². The van der Waals surface area contributed by atoms with Crippen LogP contribution in [0.3, 0.4) is 0 Å². The average molecular weight is 367 g/mol. The summed E-state index contributed by atoms with van der Waals surface area (Å²) < 4.78 is 6.09. The van der Waals surface area contributed by atoms with Gasteiger partial charge in [0.2, 0.25) is 0 Å². The molecule has 7 heteroatoms. The van der Waals surface area contributed by atoms with Gasteiger partial charge in [0.1, 0.15) is 10.7 Å². The van der Waals surface area contributed by atoms with Crippen LogP contribution in [0.2, 0.25) is 0 Å². The van der Waals surface area contributed by atoms with Crippen LogP contribution in [0.1, 0.15) is 16.8 Å². The smallest absolute Gasteiger partial charge is 0.163 e. The minimum absolute atomic E-state index is 0.284. The number of aryl methyl sites for hydroxylation is 1. The summed E-state index contributed by atoms with van der Waals surface area (Å²) in [5.41, 5.74) is 9.03. The van der Waals surface area contributed by atoms with Crippen molar-refractivity contribution < 1.29 is 4.74 Å². The van der Waals surface area contributed by atoms with Crippen molar-refractivity contribution in [1.82, 2.24) is 10.2 Å². The fourth-order valence-electron chi connectivity index (χ4n) is 1.85. The highest BCUT2D eigenvalue weighted by molar-refractivity contribution is 9.10. The molecule has 5 nitrogen and oxygen atoms in total. The number of nitrogens with two attached hydrogens (primary N) is 1. The lowest BCUT2D eigenvalue weighted by atomic mass is 10.1. The number of ether oxygens (including phenoxy) is 1. The van der Waals surface area contributed by atoms with Crippen LogP contribution in [0, 0.1) is 13.8 Å². The zero-order chi connectivity index (χ0) is 15.6. The van der Waals surface area contributed by atoms with Crippen LogP contribution in [0.4, 0.5) is 11.5 Å². The van der Waals surface area contributed by atoms with E-state index in [1.54, 1.807) is 7.11 Å². The Kier molecular flexibility index (Phi) is 4.74. The number of hydrogen-bond acceptors (Lipinski definition) is 5. The molecule has 0 unspecified atom stereocenters. The molecule has 1 aromatic heterocycles. The van der Waals surface area contributed by atoms with Gasteiger partial charge in [-0.2, -0.15) is 5.10 Å². The summed E-state index contributed by atoms with van der Waals surface area (Å²) in [5, 5.41) is 11.5. The molecule has 0 amide bonds. The Morgan fingerprint density at radius 3 is 2.67 bits per heavy atom. The van der Waals surface area contributed by atoms with Crippen LogP contribution in [-0.2, 0) is 0 Å². The first kappa shape index (κ1) is 15.7. The first-order chi connectivity index (χ1) is 9.93. The zero-order valence-corrected chi connectivity index (χ0v) is 14.3. The fourth-order valence-corrected chi connectivity index (χ4v) is 2.45. The number of halogens is 1. The van der Waals surface area contributed by atoms with Crippen molar-refractivity contribution in [2.75, 3.05) is 12.4 Å². The van der Waals surface area contributed by atoms with Gasteiger partial charge in [0.25, 0.3) is 0 Å². The van der Waals surface area contributed by atoms with Crippen molar-refractivity contribution in [3.63, 3.8) is 0 Å². The van der Waals surface area contributed by atoms with Crippen molar-refractivity contribution in [3.8, 4) is 5.75 Å². The van der Waals surface area contributed by atoms with Gasteiger partial charge in [0.15, 0.2) is 5.82 Å². The van der Waals surface area contributed by atoms with E-state index >= 15 is 0 Å². The van der Waals surface area contributed by atoms with Crippen LogP contribution in [-0.4, -0.2) is 22.3 Å². The second kappa shape index (κ2) is 6.36. The number of anilines is 2. The molecule has 0 aliphatic heterocycles. The number of rotatable bonds is 4. The fraction of sp³-hybridized carbons (Fsp3) is 0.214. The normalized spacial score (nSPS) is 10.3. The molecular weight excluding hydrogens is 352 g/mol. The van der Waals surface area contributed by atoms with E-state index in [0.29, 0.717) is 11.4 Å². The second-order valence-electron chi connectivity index (χ2n) is 4.47. The van der Waals surface area contributed by atoms with Gasteiger partial charge in [-0.05, 0) is 47.5 Å². The summed E-state index contributed by atoms with van der Waals surface area (Å²) >= 11 is 8.61. The Morgan fingerprint density at radius 1 is 1.33 bits per heavy atom. The van der Waals surface area contributed by atoms with Gasteiger partial charge in [0, 0.05) is 10.5 Å². The quantitative estimate of drug-likeness (QED) is 0.809. The van der Waals surface area contributed by atoms with Gasteiger partial charge >= 0.3 is 0 Å². The molecule has 0 fully saturated rings. The van der Waals surface area contributed by atoms with E-state index in [9.17, 15) is 0 Å². The largest absolute Gasteiger partial charge is 0.497 e. The molecule has 0 bridgehead atoms. The number of nitrogens with one attached hydrogen (secondary N) is 1. The van der Waals surface area contributed by atoms with E-state index in [0.717, 1.165) is 27.2 Å². The predicted molar refractivity (Wildman–Crippen MR) is 91.4 cm³/mol. The first-order valence-electron chi connectivity index (χ1n) is 6.18. The third kappa shape index (κ3) is 3.30. The van der Waals surface area contributed by atoms with Gasteiger partial charge in [-0.15, -0.1) is 5.10 Å². The summed E-state index contributed by atoms with van der Waals surface area (Å²) in [5.74, 6) is 1.26. The molecule has 110 valence electrons. The van der Waals surface area contributed by atoms with E-state index in [1.807, 2.05) is 32.0 Å². The van der Waals surface area contributed by atoms with Gasteiger partial charge in [-0.1, -0.05) is 12.2 Å². The van der Waals surface area contributed by atoms with Crippen LogP contribution in [0.15, 0.2) is 22.7 Å². The van der Waals surface area contributed by atoms with Crippen LogP contribution < -0.4 is 15.8 Å². The molecule has 0 aliphatic carbocycles. The molecular formula is C14H15BrN4OS. The van der Waals surface area contributed by atoms with Crippen molar-refractivity contribution >= 4 is 44.6 Å². The zero-order valence-electron chi connectivity index (χ0n) is 11.9. The van der Waals surface area contributed by atoms with E-state index in [2.05, 4.69) is 31.4 Å². The maximum absolute atomic E-state index is 5.82. The summed E-state index contributed by atoms with van der Waals surface area (Å²) in [6.07, 6.45) is 0. The lowest BCUT2D eigenvalue weighted by Crippen LogP contribution is -2.17. The highest BCUT2D eigenvalue weighted by Gasteiger charge is 2.15. The average Bonchev–Trinajstić information content (AvgIpc) is 2.45. The topological polar surface area (TPSA) is 73.1 Å². The van der Waals surface area contributed by atoms with Crippen LogP contribution in [0.5, 0.6) is 5.75 Å². The number of thiocarbonyl (C=S) groups is 1. The van der Waals surface area contributed by atoms with Gasteiger partial charge in [-0.3, -0.25) is 0 Å². The number of methoxy groups -OCH3 is 1. The molecule has 3 N–H and O–H groups in total. The maximum atomic E-state index is 5.82. The van der Waals surface area contributed by atoms with Crippen molar-refractivity contribution in [3.05, 3.63) is 39.5 Å². The Hall–Kier alpha value is -1.73. The molecule has 0 aliphatic rings. The highest BCUT2D eigenvalue weighted by atomic mass is 79.9. The monoisotopic (exact) mass is 366 g/mol. The minimum atomic E-state index is 0.284. The van der Waals surface area contributed by atoms with Crippen molar-refractivity contribution in [2.45, 2.75) is 13.8 Å². The molecule has 0 saturated carbocycles. The van der Waals surface area contributed by atoms with Crippen LogP contribution in [0.25, 0.3) is 0 Å². The standard InChI is InChI=1S/C14H15BrN4OS/c1-7-8(2)18-19-14(12(7)13(16)21)17-11-6-9(20-3)4-5-10(11)15/h4-6H,1-3H3,(H2,16,21)(H,17,19). The molecule has 1 aromatic carbocycles. The Morgan fingerprint density at radius 2 is 2.05 bits per heavy atom. The van der Waals surface area contributed by atoms with Gasteiger partial charge in [-0.25, -0.2) is 0 Å². The third-order valence-corrected chi connectivity index (χ3v) is 4.02. The molecule has 2 rings (SSSR count). The molecule has 21 heavy (non-hydrogen) atoms. The van der Waals surface area contributed by atoms with Crippen LogP contribution >= 0.6 is 28.1 Å². The lowest BCUT2D eigenvalue weighted by molar-refractivity contribution is 0.415. The number of hydrogen-bond donors (Lipinski definition) is 2. The SMILES string of the molecule is COc1ccc(Br)c(Nc2nnc(C)c(C)c2C(N)=S)c1. The van der Waals surface area contributed by atoms with Crippen molar-refractivity contribution in [2.24, 2.45) is 5.73 Å². The summed E-state index contributed by atoms with van der Waals surface area (Å²) in [4.78, 5) is 0.284. The summed E-state index contributed by atoms with van der Waals surface area (Å²) in [6, 6.07) is 5.59. The second-order valence-corrected chi connectivity index (χ2v) is 5.76. The molecule has 1 heterocycles. The maximum Gasteiger partial charge on any atom is 0.163 e. The number of aromatic nitrogens is 2. The predicted octanol–water partition coefficient (Wildman–Crippen LogP) is 3.24. The molecule has 0 atom stereocenters. The Balaban J connectivity index is 2.49. The third-order valence-electron chi connectivity index (χ3n) is 3.13. The van der Waals surface area contributed by atoms with E-state index in [-0.39, 0.29) is 4.99 Å². The molecule has 2 aromatic rings.